The van der Waals surface area contributed by atoms with Crippen LogP contribution in [0.5, 0.6) is 0 Å². The Balaban J connectivity index is 3.22. The third kappa shape index (κ3) is 1.96. The number of carbonyl (C=O) groups excluding carboxylic acids is 1. The van der Waals surface area contributed by atoms with Gasteiger partial charge in [-0.2, -0.15) is 0 Å². The van der Waals surface area contributed by atoms with Crippen LogP contribution >= 0.6 is 0 Å². The monoisotopic (exact) mass is 197 g/mol. The minimum atomic E-state index is -1.28. The quantitative estimate of drug-likeness (QED) is 0.705. The summed E-state index contributed by atoms with van der Waals surface area (Å²) < 4.78 is 5.23. The van der Waals surface area contributed by atoms with Gasteiger partial charge in [-0.1, -0.05) is 20.8 Å². The van der Waals surface area contributed by atoms with Gasteiger partial charge < -0.3 is 20.1 Å². The smallest absolute Gasteiger partial charge is 0.150 e. The fraction of sp³-hybridized carbons (Fsp3) is 0.500. The lowest BCUT2D eigenvalue weighted by atomic mass is 9.90. The number of rotatable bonds is 2. The van der Waals surface area contributed by atoms with Crippen molar-refractivity contribution in [2.24, 2.45) is 0 Å². The summed E-state index contributed by atoms with van der Waals surface area (Å²) in [5, 5.41) is 10.6. The van der Waals surface area contributed by atoms with Gasteiger partial charge in [0, 0.05) is 11.0 Å². The highest BCUT2D eigenvalue weighted by atomic mass is 16.4. The number of quaternary nitrogens is 1. The Morgan fingerprint density at radius 3 is 2.43 bits per heavy atom. The van der Waals surface area contributed by atoms with Gasteiger partial charge in [0.1, 0.15) is 24.0 Å². The van der Waals surface area contributed by atoms with Crippen LogP contribution < -0.4 is 10.8 Å². The number of carboxylic acids is 1. The van der Waals surface area contributed by atoms with Gasteiger partial charge in [0.2, 0.25) is 0 Å². The molecule has 78 valence electrons. The largest absolute Gasteiger partial charge is 0.542 e. The minimum Gasteiger partial charge on any atom is -0.542 e. The second-order valence-electron chi connectivity index (χ2n) is 4.25. The molecule has 3 N–H and O–H groups in total. The lowest BCUT2D eigenvalue weighted by Crippen LogP contribution is -2.48. The van der Waals surface area contributed by atoms with Crippen LogP contribution in [0.25, 0.3) is 0 Å². The molecule has 0 aliphatic carbocycles. The highest BCUT2D eigenvalue weighted by Crippen LogP contribution is 2.28. The molecule has 1 rings (SSSR count). The van der Waals surface area contributed by atoms with Crippen molar-refractivity contribution in [3.05, 3.63) is 23.2 Å². The fourth-order valence-electron chi connectivity index (χ4n) is 1.35. The number of carboxylic acid groups (broad SMARTS) is 1. The number of hydrogen-bond donors (Lipinski definition) is 1. The summed E-state index contributed by atoms with van der Waals surface area (Å²) in [5.74, 6) is -0.726. The zero-order valence-corrected chi connectivity index (χ0v) is 8.72. The summed E-state index contributed by atoms with van der Waals surface area (Å²) in [6.07, 6.45) is 0. The van der Waals surface area contributed by atoms with Crippen molar-refractivity contribution in [2.75, 3.05) is 0 Å². The minimum absolute atomic E-state index is 0.117. The van der Waals surface area contributed by atoms with E-state index in [4.69, 9.17) is 4.42 Å². The van der Waals surface area contributed by atoms with Crippen molar-refractivity contribution in [3.63, 3.8) is 0 Å². The Labute approximate surface area is 82.7 Å². The fourth-order valence-corrected chi connectivity index (χ4v) is 1.35. The first kappa shape index (κ1) is 10.8. The second-order valence-corrected chi connectivity index (χ2v) is 4.25. The lowest BCUT2D eigenvalue weighted by Gasteiger charge is -2.16. The molecule has 1 heterocycles. The summed E-state index contributed by atoms with van der Waals surface area (Å²) in [6.45, 7) is 6.40. The van der Waals surface area contributed by atoms with Crippen LogP contribution in [0.2, 0.25) is 0 Å². The molecule has 1 aromatic heterocycles. The molecule has 0 atom stereocenters. The van der Waals surface area contributed by atoms with E-state index < -0.39 is 5.97 Å². The van der Waals surface area contributed by atoms with Gasteiger partial charge in [-0.15, -0.1) is 0 Å². The summed E-state index contributed by atoms with van der Waals surface area (Å²) in [5.41, 5.74) is 4.35. The second kappa shape index (κ2) is 3.46. The molecule has 14 heavy (non-hydrogen) atoms. The van der Waals surface area contributed by atoms with E-state index in [1.54, 1.807) is 0 Å². The molecule has 0 aliphatic rings. The first-order valence-electron chi connectivity index (χ1n) is 4.50. The molecule has 0 bridgehead atoms. The van der Waals surface area contributed by atoms with Crippen molar-refractivity contribution in [3.8, 4) is 0 Å². The van der Waals surface area contributed by atoms with Crippen molar-refractivity contribution >= 4 is 5.97 Å². The highest BCUT2D eigenvalue weighted by molar-refractivity contribution is 5.82. The molecular formula is C10H15NO3. The average molecular weight is 197 g/mol. The van der Waals surface area contributed by atoms with E-state index in [1.165, 1.54) is 6.07 Å². The molecule has 0 aromatic carbocycles. The standard InChI is InChI=1S/C10H15NO3/c1-10(2,3)8-6(5-11)4-7(14-8)9(12)13/h4H,5,11H2,1-3H3,(H,12,13). The molecule has 0 fully saturated rings. The van der Waals surface area contributed by atoms with Gasteiger partial charge >= 0.3 is 0 Å². The van der Waals surface area contributed by atoms with Gasteiger partial charge in [-0.3, -0.25) is 0 Å². The van der Waals surface area contributed by atoms with Crippen LogP contribution in [-0.2, 0) is 12.0 Å². The summed E-state index contributed by atoms with van der Waals surface area (Å²) in [7, 11) is 0. The van der Waals surface area contributed by atoms with E-state index in [2.05, 4.69) is 5.73 Å². The molecular weight excluding hydrogens is 182 g/mol. The predicted molar refractivity (Wildman–Crippen MR) is 48.3 cm³/mol. The van der Waals surface area contributed by atoms with Crippen LogP contribution in [0.15, 0.2) is 10.5 Å². The third-order valence-corrected chi connectivity index (χ3v) is 1.96. The van der Waals surface area contributed by atoms with Crippen LogP contribution in [0, 0.1) is 0 Å². The number of carbonyl (C=O) groups is 1. The number of aromatic carboxylic acids is 1. The molecule has 0 radical (unpaired) electrons. The Kier molecular flexibility index (Phi) is 2.66. The molecule has 1 aromatic rings. The van der Waals surface area contributed by atoms with Crippen LogP contribution in [0.4, 0.5) is 0 Å². The van der Waals surface area contributed by atoms with Crippen molar-refractivity contribution < 1.29 is 20.1 Å². The molecule has 4 nitrogen and oxygen atoms in total. The van der Waals surface area contributed by atoms with Gasteiger partial charge in [0.05, 0.1) is 0 Å². The summed E-state index contributed by atoms with van der Waals surface area (Å²) in [6, 6.07) is 1.49. The van der Waals surface area contributed by atoms with Crippen molar-refractivity contribution in [1.82, 2.24) is 0 Å². The maximum Gasteiger partial charge on any atom is 0.150 e. The number of hydrogen-bond acceptors (Lipinski definition) is 3. The van der Waals surface area contributed by atoms with Gasteiger partial charge in [-0.05, 0) is 6.07 Å². The zero-order valence-electron chi connectivity index (χ0n) is 8.72. The van der Waals surface area contributed by atoms with Gasteiger partial charge in [-0.25, -0.2) is 0 Å². The predicted octanol–water partition coefficient (Wildman–Crippen LogP) is -0.317. The SMILES string of the molecule is CC(C)(C)c1oc(C(=O)[O-])cc1C[NH3+]. The number of furan rings is 1. The highest BCUT2D eigenvalue weighted by Gasteiger charge is 2.23. The van der Waals surface area contributed by atoms with Crippen molar-refractivity contribution in [2.45, 2.75) is 32.7 Å². The molecule has 0 saturated carbocycles. The van der Waals surface area contributed by atoms with Gasteiger partial charge in [0.15, 0.2) is 0 Å². The molecule has 0 saturated heterocycles. The van der Waals surface area contributed by atoms with E-state index in [0.717, 1.165) is 5.56 Å². The maximum atomic E-state index is 10.6. The molecule has 0 amide bonds. The Hall–Kier alpha value is -1.29. The molecule has 0 unspecified atom stereocenters. The molecule has 4 heteroatoms. The van der Waals surface area contributed by atoms with E-state index in [-0.39, 0.29) is 11.2 Å². The summed E-state index contributed by atoms with van der Waals surface area (Å²) in [4.78, 5) is 10.6. The summed E-state index contributed by atoms with van der Waals surface area (Å²) >= 11 is 0. The van der Waals surface area contributed by atoms with Crippen LogP contribution in [0.1, 0.15) is 42.6 Å². The van der Waals surface area contributed by atoms with Crippen LogP contribution in [-0.4, -0.2) is 5.97 Å². The Morgan fingerprint density at radius 1 is 1.57 bits per heavy atom. The van der Waals surface area contributed by atoms with E-state index >= 15 is 0 Å². The molecule has 0 spiro atoms. The normalized spacial score (nSPS) is 11.7. The third-order valence-electron chi connectivity index (χ3n) is 1.96. The first-order chi connectivity index (χ1) is 6.36. The first-order valence-corrected chi connectivity index (χ1v) is 4.50. The van der Waals surface area contributed by atoms with Gasteiger partial charge in [0.25, 0.3) is 0 Å². The Morgan fingerprint density at radius 2 is 2.14 bits per heavy atom. The zero-order chi connectivity index (χ0) is 10.9. The van der Waals surface area contributed by atoms with E-state index in [9.17, 15) is 9.90 Å². The van der Waals surface area contributed by atoms with Crippen molar-refractivity contribution in [1.29, 1.82) is 0 Å². The molecule has 0 aliphatic heterocycles. The van der Waals surface area contributed by atoms with E-state index in [0.29, 0.717) is 12.3 Å². The van der Waals surface area contributed by atoms with Crippen LogP contribution in [0.3, 0.4) is 0 Å². The maximum absolute atomic E-state index is 10.6. The lowest BCUT2D eigenvalue weighted by molar-refractivity contribution is -0.386. The topological polar surface area (TPSA) is 80.9 Å². The Bertz CT molecular complexity index is 347. The van der Waals surface area contributed by atoms with E-state index in [1.807, 2.05) is 20.8 Å². The average Bonchev–Trinajstić information content (AvgIpc) is 2.46.